The number of aryl methyl sites for hydroxylation is 1. The summed E-state index contributed by atoms with van der Waals surface area (Å²) in [4.78, 5) is 11.8. The fourth-order valence-electron chi connectivity index (χ4n) is 1.95. The molecule has 0 heterocycles. The molecule has 0 bridgehead atoms. The van der Waals surface area contributed by atoms with Crippen molar-refractivity contribution in [3.8, 4) is 5.75 Å². The third-order valence-corrected chi connectivity index (χ3v) is 3.10. The van der Waals surface area contributed by atoms with Crippen molar-refractivity contribution in [2.75, 3.05) is 24.3 Å². The van der Waals surface area contributed by atoms with Crippen molar-refractivity contribution in [2.24, 2.45) is 0 Å². The number of halogens is 3. The number of amides is 1. The number of rotatable bonds is 5. The summed E-state index contributed by atoms with van der Waals surface area (Å²) < 4.78 is 44.6. The molecular weight excluding hydrogens is 309 g/mol. The quantitative estimate of drug-likeness (QED) is 0.828. The lowest BCUT2D eigenvalue weighted by Gasteiger charge is -2.12. The summed E-state index contributed by atoms with van der Waals surface area (Å²) in [5.41, 5.74) is 1.13. The molecule has 0 unspecified atom stereocenters. The Morgan fingerprint density at radius 3 is 2.52 bits per heavy atom. The Kier molecular flexibility index (Phi) is 5.10. The topological polar surface area (TPSA) is 50.4 Å². The van der Waals surface area contributed by atoms with Gasteiger partial charge >= 0.3 is 0 Å². The fourth-order valence-corrected chi connectivity index (χ4v) is 1.95. The minimum atomic E-state index is -1.63. The summed E-state index contributed by atoms with van der Waals surface area (Å²) in [6, 6.07) is 7.07. The molecule has 0 saturated carbocycles. The molecule has 2 N–H and O–H groups in total. The van der Waals surface area contributed by atoms with Gasteiger partial charge in [0.15, 0.2) is 17.5 Å². The van der Waals surface area contributed by atoms with Crippen LogP contribution in [0.2, 0.25) is 0 Å². The smallest absolute Gasteiger partial charge is 0.243 e. The maximum atomic E-state index is 13.5. The van der Waals surface area contributed by atoms with Crippen molar-refractivity contribution in [2.45, 2.75) is 6.92 Å². The van der Waals surface area contributed by atoms with Crippen LogP contribution >= 0.6 is 0 Å². The molecule has 122 valence electrons. The van der Waals surface area contributed by atoms with Crippen LogP contribution in [0.4, 0.5) is 24.5 Å². The number of hydrogen-bond donors (Lipinski definition) is 2. The van der Waals surface area contributed by atoms with Crippen LogP contribution < -0.4 is 15.4 Å². The van der Waals surface area contributed by atoms with Crippen LogP contribution in [0.15, 0.2) is 30.3 Å². The van der Waals surface area contributed by atoms with Gasteiger partial charge < -0.3 is 15.4 Å². The highest BCUT2D eigenvalue weighted by Gasteiger charge is 2.15. The molecule has 0 spiro atoms. The molecule has 23 heavy (non-hydrogen) atoms. The van der Waals surface area contributed by atoms with Gasteiger partial charge in [-0.25, -0.2) is 13.2 Å². The van der Waals surface area contributed by atoms with Crippen molar-refractivity contribution < 1.29 is 22.7 Å². The summed E-state index contributed by atoms with van der Waals surface area (Å²) in [5.74, 6) is -4.45. The van der Waals surface area contributed by atoms with Crippen molar-refractivity contribution in [1.29, 1.82) is 0 Å². The molecule has 7 heteroatoms. The molecule has 0 aliphatic rings. The van der Waals surface area contributed by atoms with E-state index in [0.717, 1.165) is 17.7 Å². The van der Waals surface area contributed by atoms with E-state index in [9.17, 15) is 18.0 Å². The number of benzene rings is 2. The van der Waals surface area contributed by atoms with Crippen molar-refractivity contribution in [3.63, 3.8) is 0 Å². The van der Waals surface area contributed by atoms with Crippen molar-refractivity contribution >= 4 is 17.3 Å². The monoisotopic (exact) mass is 324 g/mol. The van der Waals surface area contributed by atoms with Crippen LogP contribution in [0.25, 0.3) is 0 Å². The van der Waals surface area contributed by atoms with Crippen LogP contribution in [-0.2, 0) is 4.79 Å². The van der Waals surface area contributed by atoms with Crippen LogP contribution in [-0.4, -0.2) is 19.6 Å². The van der Waals surface area contributed by atoms with Crippen molar-refractivity contribution in [3.05, 3.63) is 53.3 Å². The number of ether oxygens (including phenoxy) is 1. The lowest BCUT2D eigenvalue weighted by Crippen LogP contribution is -2.22. The van der Waals surface area contributed by atoms with Crippen molar-refractivity contribution in [1.82, 2.24) is 0 Å². The van der Waals surface area contributed by atoms with E-state index < -0.39 is 29.0 Å². The van der Waals surface area contributed by atoms with E-state index in [0.29, 0.717) is 11.4 Å². The number of carbonyl (C=O) groups excluding carboxylic acids is 1. The van der Waals surface area contributed by atoms with E-state index in [4.69, 9.17) is 4.74 Å². The zero-order valence-electron chi connectivity index (χ0n) is 12.5. The van der Waals surface area contributed by atoms with Gasteiger partial charge in [0.1, 0.15) is 5.75 Å². The summed E-state index contributed by atoms with van der Waals surface area (Å²) in [6.07, 6.45) is 0. The lowest BCUT2D eigenvalue weighted by molar-refractivity contribution is -0.114. The molecule has 0 radical (unpaired) electrons. The van der Waals surface area contributed by atoms with Crippen LogP contribution in [0.5, 0.6) is 5.75 Å². The van der Waals surface area contributed by atoms with Gasteiger partial charge in [0, 0.05) is 0 Å². The molecular formula is C16H15F3N2O2. The Morgan fingerprint density at radius 2 is 1.83 bits per heavy atom. The minimum Gasteiger partial charge on any atom is -0.495 e. The first kappa shape index (κ1) is 16.7. The molecule has 0 fully saturated rings. The Bertz CT molecular complexity index is 736. The molecule has 2 aromatic rings. The molecule has 0 aliphatic carbocycles. The average molecular weight is 324 g/mol. The second kappa shape index (κ2) is 7.04. The molecule has 4 nitrogen and oxygen atoms in total. The van der Waals surface area contributed by atoms with E-state index in [1.54, 1.807) is 12.1 Å². The second-order valence-corrected chi connectivity index (χ2v) is 4.83. The summed E-state index contributed by atoms with van der Waals surface area (Å²) >= 11 is 0. The van der Waals surface area contributed by atoms with E-state index >= 15 is 0 Å². The van der Waals surface area contributed by atoms with Crippen LogP contribution in [0, 0.1) is 24.4 Å². The van der Waals surface area contributed by atoms with E-state index in [-0.39, 0.29) is 6.54 Å². The van der Waals surface area contributed by atoms with E-state index in [1.165, 1.54) is 7.11 Å². The molecule has 2 aromatic carbocycles. The first-order chi connectivity index (χ1) is 10.9. The maximum Gasteiger partial charge on any atom is 0.243 e. The predicted molar refractivity (Wildman–Crippen MR) is 81.2 cm³/mol. The largest absolute Gasteiger partial charge is 0.495 e. The first-order valence-corrected chi connectivity index (χ1v) is 6.74. The van der Waals surface area contributed by atoms with E-state index in [2.05, 4.69) is 10.6 Å². The number of methoxy groups -OCH3 is 1. The fraction of sp³-hybridized carbons (Fsp3) is 0.188. The van der Waals surface area contributed by atoms with Gasteiger partial charge in [-0.15, -0.1) is 0 Å². The highest BCUT2D eigenvalue weighted by molar-refractivity contribution is 5.94. The molecule has 0 aromatic heterocycles. The standard InChI is InChI=1S/C16H15F3N2O2/c1-9-3-6-13(23-2)12(7-9)20-8-14(22)21-11-5-4-10(17)15(18)16(11)19/h3-7,20H,8H2,1-2H3,(H,21,22). The summed E-state index contributed by atoms with van der Waals surface area (Å²) in [6.45, 7) is 1.68. The molecule has 2 rings (SSSR count). The van der Waals surface area contributed by atoms with Gasteiger partial charge in [0.05, 0.1) is 25.0 Å². The van der Waals surface area contributed by atoms with Gasteiger partial charge in [-0.2, -0.15) is 0 Å². The third kappa shape index (κ3) is 3.94. The summed E-state index contributed by atoms with van der Waals surface area (Å²) in [5, 5.41) is 5.02. The van der Waals surface area contributed by atoms with E-state index in [1.807, 2.05) is 13.0 Å². The van der Waals surface area contributed by atoms with Gasteiger partial charge in [-0.1, -0.05) is 6.07 Å². The summed E-state index contributed by atoms with van der Waals surface area (Å²) in [7, 11) is 1.49. The zero-order valence-corrected chi connectivity index (χ0v) is 12.5. The predicted octanol–water partition coefficient (Wildman–Crippen LogP) is 3.47. The number of nitrogens with one attached hydrogen (secondary N) is 2. The van der Waals surface area contributed by atoms with Gasteiger partial charge in [-0.05, 0) is 36.8 Å². The molecule has 1 amide bonds. The molecule has 0 saturated heterocycles. The SMILES string of the molecule is COc1ccc(C)cc1NCC(=O)Nc1ccc(F)c(F)c1F. The third-order valence-electron chi connectivity index (χ3n) is 3.10. The second-order valence-electron chi connectivity index (χ2n) is 4.83. The first-order valence-electron chi connectivity index (χ1n) is 6.74. The van der Waals surface area contributed by atoms with Gasteiger partial charge in [0.2, 0.25) is 5.91 Å². The average Bonchev–Trinajstić information content (AvgIpc) is 2.53. The van der Waals surface area contributed by atoms with Gasteiger partial charge in [-0.3, -0.25) is 4.79 Å². The molecule has 0 aliphatic heterocycles. The highest BCUT2D eigenvalue weighted by atomic mass is 19.2. The Hall–Kier alpha value is -2.70. The highest BCUT2D eigenvalue weighted by Crippen LogP contribution is 2.25. The maximum absolute atomic E-state index is 13.5. The number of anilines is 2. The van der Waals surface area contributed by atoms with Crippen LogP contribution in [0.1, 0.15) is 5.56 Å². The lowest BCUT2D eigenvalue weighted by atomic mass is 10.2. The zero-order chi connectivity index (χ0) is 17.0. The van der Waals surface area contributed by atoms with Gasteiger partial charge in [0.25, 0.3) is 0 Å². The molecule has 0 atom stereocenters. The normalized spacial score (nSPS) is 10.3. The Balaban J connectivity index is 2.04. The Labute approximate surface area is 131 Å². The number of hydrogen-bond acceptors (Lipinski definition) is 3. The Morgan fingerprint density at radius 1 is 1.09 bits per heavy atom. The van der Waals surface area contributed by atoms with Crippen LogP contribution in [0.3, 0.4) is 0 Å². The minimum absolute atomic E-state index is 0.196. The number of carbonyl (C=O) groups is 1.